The molecule has 9 heteroatoms. The van der Waals surface area contributed by atoms with E-state index in [0.29, 0.717) is 30.0 Å². The van der Waals surface area contributed by atoms with Crippen LogP contribution in [0.3, 0.4) is 0 Å². The zero-order valence-corrected chi connectivity index (χ0v) is 18.3. The van der Waals surface area contributed by atoms with Crippen LogP contribution in [0, 0.1) is 5.92 Å². The van der Waals surface area contributed by atoms with Crippen LogP contribution in [-0.2, 0) is 18.4 Å². The van der Waals surface area contributed by atoms with Crippen LogP contribution in [0.1, 0.15) is 42.2 Å². The Balaban J connectivity index is 1.55. The van der Waals surface area contributed by atoms with E-state index in [4.69, 9.17) is 0 Å². The van der Waals surface area contributed by atoms with Crippen LogP contribution in [0.25, 0.3) is 11.3 Å². The third kappa shape index (κ3) is 3.59. The molecule has 9 nitrogen and oxygen atoms in total. The molecule has 0 saturated heterocycles. The third-order valence-electron chi connectivity index (χ3n) is 5.84. The molecule has 0 radical (unpaired) electrons. The fourth-order valence-electron chi connectivity index (χ4n) is 4.07. The summed E-state index contributed by atoms with van der Waals surface area (Å²) < 4.78 is 0. The molecular formula is C23H25N7O2. The van der Waals surface area contributed by atoms with Crippen molar-refractivity contribution >= 4 is 34.6 Å². The second-order valence-electron chi connectivity index (χ2n) is 8.32. The Morgan fingerprint density at radius 1 is 1.16 bits per heavy atom. The highest BCUT2D eigenvalue weighted by atomic mass is 16.2. The summed E-state index contributed by atoms with van der Waals surface area (Å²) in [7, 11) is 3.82. The molecule has 1 aliphatic carbocycles. The highest BCUT2D eigenvalue weighted by Gasteiger charge is 2.30. The number of carbonyl (C=O) groups is 2. The average Bonchev–Trinajstić information content (AvgIpc) is 3.56. The van der Waals surface area contributed by atoms with Gasteiger partial charge in [-0.05, 0) is 18.9 Å². The van der Waals surface area contributed by atoms with Crippen molar-refractivity contribution in [3.05, 3.63) is 41.7 Å². The molecule has 3 heterocycles. The SMILES string of the molecule is CCC(=O)c1cnc(NC(=O)C2CC2)cc1Nc1cccc2c1N(C)Cc1nn(C)nc1-2. The lowest BCUT2D eigenvalue weighted by Gasteiger charge is -2.29. The average molecular weight is 432 g/mol. The van der Waals surface area contributed by atoms with E-state index < -0.39 is 0 Å². The van der Waals surface area contributed by atoms with Crippen molar-refractivity contribution in [2.24, 2.45) is 13.0 Å². The summed E-state index contributed by atoms with van der Waals surface area (Å²) >= 11 is 0. The predicted octanol–water partition coefficient (Wildman–Crippen LogP) is 3.51. The number of fused-ring (bicyclic) bond motifs is 3. The molecule has 0 bridgehead atoms. The topological polar surface area (TPSA) is 105 Å². The Morgan fingerprint density at radius 2 is 1.97 bits per heavy atom. The summed E-state index contributed by atoms with van der Waals surface area (Å²) in [4.78, 5) is 32.8. The summed E-state index contributed by atoms with van der Waals surface area (Å²) in [6.07, 6.45) is 3.73. The molecule has 0 spiro atoms. The number of rotatable bonds is 6. The maximum Gasteiger partial charge on any atom is 0.228 e. The third-order valence-corrected chi connectivity index (χ3v) is 5.84. The summed E-state index contributed by atoms with van der Waals surface area (Å²) in [5.74, 6) is 0.465. The van der Waals surface area contributed by atoms with Gasteiger partial charge in [0, 0.05) is 44.3 Å². The minimum Gasteiger partial charge on any atom is -0.366 e. The number of ketones is 1. The number of aromatic nitrogens is 4. The highest BCUT2D eigenvalue weighted by molar-refractivity contribution is 6.03. The van der Waals surface area contributed by atoms with Gasteiger partial charge in [-0.1, -0.05) is 19.1 Å². The van der Waals surface area contributed by atoms with Gasteiger partial charge in [0.1, 0.15) is 17.2 Å². The Hall–Kier alpha value is -3.75. The number of para-hydroxylation sites is 1. The minimum absolute atomic E-state index is 0.0190. The number of hydrogen-bond donors (Lipinski definition) is 2. The largest absolute Gasteiger partial charge is 0.366 e. The molecule has 0 atom stereocenters. The number of anilines is 4. The number of nitrogens with one attached hydrogen (secondary N) is 2. The lowest BCUT2D eigenvalue weighted by atomic mass is 10.0. The summed E-state index contributed by atoms with van der Waals surface area (Å²) in [6.45, 7) is 2.46. The van der Waals surface area contributed by atoms with Crippen molar-refractivity contribution < 1.29 is 9.59 Å². The van der Waals surface area contributed by atoms with Gasteiger partial charge in [0.15, 0.2) is 5.78 Å². The standard InChI is InChI=1S/C23H25N7O2/c1-4-19(31)15-11-24-20(26-23(32)13-8-9-13)10-17(15)25-16-7-5-6-14-21-18(27-30(3)28-21)12-29(2)22(14)16/h5-7,10-11,13H,4,8-9,12H2,1-3H3,(H2,24,25,26,32). The van der Waals surface area contributed by atoms with Crippen molar-refractivity contribution in [1.82, 2.24) is 20.0 Å². The van der Waals surface area contributed by atoms with Crippen molar-refractivity contribution in [2.75, 3.05) is 22.6 Å². The molecule has 1 fully saturated rings. The molecule has 1 amide bonds. The Kier molecular flexibility index (Phi) is 4.88. The van der Waals surface area contributed by atoms with Crippen molar-refractivity contribution in [3.8, 4) is 11.3 Å². The van der Waals surface area contributed by atoms with E-state index in [0.717, 1.165) is 41.2 Å². The molecule has 3 aromatic rings. The number of Topliss-reactive ketones (excluding diaryl/α,β-unsaturated/α-hetero) is 1. The Morgan fingerprint density at radius 3 is 2.72 bits per heavy atom. The van der Waals surface area contributed by atoms with Gasteiger partial charge in [-0.2, -0.15) is 15.0 Å². The first-order chi connectivity index (χ1) is 15.4. The van der Waals surface area contributed by atoms with E-state index in [1.54, 1.807) is 10.9 Å². The predicted molar refractivity (Wildman–Crippen MR) is 122 cm³/mol. The first-order valence-electron chi connectivity index (χ1n) is 10.8. The second-order valence-corrected chi connectivity index (χ2v) is 8.32. The number of hydrogen-bond acceptors (Lipinski definition) is 7. The maximum atomic E-state index is 12.6. The van der Waals surface area contributed by atoms with Gasteiger partial charge in [0.25, 0.3) is 0 Å². The quantitative estimate of drug-likeness (QED) is 0.576. The van der Waals surface area contributed by atoms with Gasteiger partial charge in [0.2, 0.25) is 5.91 Å². The fraction of sp³-hybridized carbons (Fsp3) is 0.348. The fourth-order valence-corrected chi connectivity index (χ4v) is 4.07. The molecule has 1 aromatic carbocycles. The molecule has 1 saturated carbocycles. The molecule has 2 aromatic heterocycles. The molecule has 0 unspecified atom stereocenters. The van der Waals surface area contributed by atoms with Crippen LogP contribution in [0.4, 0.5) is 22.9 Å². The van der Waals surface area contributed by atoms with Gasteiger partial charge >= 0.3 is 0 Å². The number of benzene rings is 1. The Labute approximate surface area is 185 Å². The zero-order chi connectivity index (χ0) is 22.4. The smallest absolute Gasteiger partial charge is 0.228 e. The van der Waals surface area contributed by atoms with Gasteiger partial charge in [0.05, 0.1) is 29.2 Å². The molecule has 2 N–H and O–H groups in total. The lowest BCUT2D eigenvalue weighted by molar-refractivity contribution is -0.117. The van der Waals surface area contributed by atoms with Crippen LogP contribution in [0.2, 0.25) is 0 Å². The molecular weight excluding hydrogens is 406 g/mol. The first-order valence-corrected chi connectivity index (χ1v) is 10.8. The van der Waals surface area contributed by atoms with Gasteiger partial charge in [-0.25, -0.2) is 4.98 Å². The van der Waals surface area contributed by atoms with Gasteiger partial charge in [-0.3, -0.25) is 9.59 Å². The molecule has 5 rings (SSSR count). The van der Waals surface area contributed by atoms with E-state index in [1.165, 1.54) is 6.20 Å². The monoisotopic (exact) mass is 431 g/mol. The normalized spacial score (nSPS) is 14.5. The van der Waals surface area contributed by atoms with Crippen LogP contribution < -0.4 is 15.5 Å². The first kappa shape index (κ1) is 20.2. The molecule has 1 aliphatic heterocycles. The van der Waals surface area contributed by atoms with Crippen molar-refractivity contribution in [3.63, 3.8) is 0 Å². The lowest BCUT2D eigenvalue weighted by Crippen LogP contribution is -2.23. The zero-order valence-electron chi connectivity index (χ0n) is 18.3. The van der Waals surface area contributed by atoms with E-state index in [-0.39, 0.29) is 17.6 Å². The van der Waals surface area contributed by atoms with Gasteiger partial charge in [-0.15, -0.1) is 0 Å². The highest BCUT2D eigenvalue weighted by Crippen LogP contribution is 2.42. The summed E-state index contributed by atoms with van der Waals surface area (Å²) in [6, 6.07) is 7.69. The van der Waals surface area contributed by atoms with Crippen molar-refractivity contribution in [1.29, 1.82) is 0 Å². The van der Waals surface area contributed by atoms with Crippen molar-refractivity contribution in [2.45, 2.75) is 32.7 Å². The minimum atomic E-state index is -0.0231. The molecule has 164 valence electrons. The number of pyridine rings is 1. The van der Waals surface area contributed by atoms with Crippen LogP contribution in [0.5, 0.6) is 0 Å². The molecule has 2 aliphatic rings. The van der Waals surface area contributed by atoms with E-state index in [2.05, 4.69) is 30.7 Å². The van der Waals surface area contributed by atoms with E-state index >= 15 is 0 Å². The number of nitrogens with zero attached hydrogens (tertiary/aromatic N) is 5. The maximum absolute atomic E-state index is 12.6. The number of aryl methyl sites for hydroxylation is 1. The summed E-state index contributed by atoms with van der Waals surface area (Å²) in [5.41, 5.74) is 5.70. The second kappa shape index (κ2) is 7.74. The summed E-state index contributed by atoms with van der Waals surface area (Å²) in [5, 5.41) is 15.3. The molecule has 32 heavy (non-hydrogen) atoms. The van der Waals surface area contributed by atoms with Crippen LogP contribution >= 0.6 is 0 Å². The van der Waals surface area contributed by atoms with Crippen LogP contribution in [-0.4, -0.2) is 38.7 Å². The number of amides is 1. The number of carbonyl (C=O) groups excluding carboxylic acids is 2. The van der Waals surface area contributed by atoms with Crippen LogP contribution in [0.15, 0.2) is 30.5 Å². The Bertz CT molecular complexity index is 1230. The van der Waals surface area contributed by atoms with E-state index in [1.807, 2.05) is 39.2 Å². The van der Waals surface area contributed by atoms with E-state index in [9.17, 15) is 9.59 Å². The van der Waals surface area contributed by atoms with Gasteiger partial charge < -0.3 is 15.5 Å².